The molecule has 0 fully saturated rings. The lowest BCUT2D eigenvalue weighted by Crippen LogP contribution is -2.25. The fourth-order valence-electron chi connectivity index (χ4n) is 3.79. The van der Waals surface area contributed by atoms with Crippen LogP contribution in [-0.4, -0.2) is 49.2 Å². The third-order valence-electron chi connectivity index (χ3n) is 5.14. The minimum absolute atomic E-state index is 0.0605. The number of aliphatic hydroxyl groups is 1. The number of ether oxygens (including phenoxy) is 2. The maximum absolute atomic E-state index is 8.71. The summed E-state index contributed by atoms with van der Waals surface area (Å²) in [6, 6.07) is 25.3. The van der Waals surface area contributed by atoms with E-state index in [9.17, 15) is 0 Å². The van der Waals surface area contributed by atoms with E-state index < -0.39 is 0 Å². The average Bonchev–Trinajstić information content (AvgIpc) is 3.11. The molecule has 5 nitrogen and oxygen atoms in total. The normalized spacial score (nSPS) is 11.4. The summed E-state index contributed by atoms with van der Waals surface area (Å²) in [5.74, 6) is 0.911. The Balaban J connectivity index is 1.53. The summed E-state index contributed by atoms with van der Waals surface area (Å²) in [5, 5.41) is 14.4. The zero-order valence-corrected chi connectivity index (χ0v) is 17.1. The molecule has 0 amide bonds. The molecule has 0 unspecified atom stereocenters. The molecule has 1 heterocycles. The van der Waals surface area contributed by atoms with Crippen molar-refractivity contribution in [3.05, 3.63) is 78.4 Å². The molecule has 0 aliphatic heterocycles. The van der Waals surface area contributed by atoms with Gasteiger partial charge in [0.2, 0.25) is 0 Å². The Kier molecular flexibility index (Phi) is 6.98. The third-order valence-corrected chi connectivity index (χ3v) is 5.14. The molecule has 0 aliphatic carbocycles. The highest BCUT2D eigenvalue weighted by Gasteiger charge is 2.14. The summed E-state index contributed by atoms with van der Waals surface area (Å²) in [4.78, 5) is 0. The lowest BCUT2D eigenvalue weighted by Gasteiger charge is -2.10. The highest BCUT2D eigenvalue weighted by atomic mass is 16.5. The molecule has 0 bridgehead atoms. The first-order valence-electron chi connectivity index (χ1n) is 10.4. The lowest BCUT2D eigenvalue weighted by molar-refractivity contribution is 0.0935. The van der Waals surface area contributed by atoms with Gasteiger partial charge in [0, 0.05) is 35.9 Å². The molecule has 156 valence electrons. The second-order valence-electron chi connectivity index (χ2n) is 7.17. The quantitative estimate of drug-likeness (QED) is 0.373. The maximum atomic E-state index is 8.71. The first-order chi connectivity index (χ1) is 14.9. The van der Waals surface area contributed by atoms with E-state index in [2.05, 4.69) is 70.5 Å². The molecule has 0 radical (unpaired) electrons. The molecule has 0 atom stereocenters. The van der Waals surface area contributed by atoms with Crippen LogP contribution in [0.4, 0.5) is 0 Å². The van der Waals surface area contributed by atoms with E-state index in [1.54, 1.807) is 0 Å². The van der Waals surface area contributed by atoms with Crippen LogP contribution in [0.1, 0.15) is 5.56 Å². The Bertz CT molecular complexity index is 1080. The second kappa shape index (κ2) is 10.3. The Labute approximate surface area is 176 Å². The van der Waals surface area contributed by atoms with Crippen LogP contribution in [0.25, 0.3) is 21.8 Å². The van der Waals surface area contributed by atoms with Gasteiger partial charge in [0.05, 0.1) is 25.3 Å². The molecule has 0 saturated heterocycles. The van der Waals surface area contributed by atoms with Crippen LogP contribution in [0.2, 0.25) is 0 Å². The maximum Gasteiger partial charge on any atom is 0.129 e. The van der Waals surface area contributed by atoms with Gasteiger partial charge in [-0.15, -0.1) is 0 Å². The number of rotatable bonds is 11. The van der Waals surface area contributed by atoms with Gasteiger partial charge in [-0.3, -0.25) is 0 Å². The standard InChI is InChI=1S/C25H28N2O3/c28-15-18-29-16-13-26-14-17-30-24-12-6-11-23-25(24)21-9-4-5-10-22(21)27(23)19-20-7-2-1-3-8-20/h1-12,26,28H,13-19H2. The minimum atomic E-state index is 0.0605. The highest BCUT2D eigenvalue weighted by Crippen LogP contribution is 2.36. The van der Waals surface area contributed by atoms with Crippen molar-refractivity contribution in [3.63, 3.8) is 0 Å². The summed E-state index contributed by atoms with van der Waals surface area (Å²) >= 11 is 0. The van der Waals surface area contributed by atoms with Gasteiger partial charge in [0.1, 0.15) is 12.4 Å². The Morgan fingerprint density at radius 2 is 1.53 bits per heavy atom. The van der Waals surface area contributed by atoms with Crippen molar-refractivity contribution in [1.82, 2.24) is 9.88 Å². The number of fused-ring (bicyclic) bond motifs is 3. The summed E-state index contributed by atoms with van der Waals surface area (Å²) in [5.41, 5.74) is 3.67. The zero-order valence-electron chi connectivity index (χ0n) is 17.1. The molecule has 1 aromatic heterocycles. The van der Waals surface area contributed by atoms with Crippen molar-refractivity contribution < 1.29 is 14.6 Å². The van der Waals surface area contributed by atoms with Crippen LogP contribution in [0.3, 0.4) is 0 Å². The summed E-state index contributed by atoms with van der Waals surface area (Å²) < 4.78 is 13.8. The van der Waals surface area contributed by atoms with Crippen molar-refractivity contribution in [1.29, 1.82) is 0 Å². The third kappa shape index (κ3) is 4.65. The van der Waals surface area contributed by atoms with E-state index in [4.69, 9.17) is 14.6 Å². The summed E-state index contributed by atoms with van der Waals surface area (Å²) in [6.07, 6.45) is 0. The topological polar surface area (TPSA) is 55.6 Å². The van der Waals surface area contributed by atoms with Crippen LogP contribution in [0.5, 0.6) is 5.75 Å². The van der Waals surface area contributed by atoms with Crippen molar-refractivity contribution in [2.75, 3.05) is 39.5 Å². The number of nitrogens with one attached hydrogen (secondary N) is 1. The number of hydrogen-bond donors (Lipinski definition) is 2. The monoisotopic (exact) mass is 404 g/mol. The molecule has 3 aromatic carbocycles. The van der Waals surface area contributed by atoms with E-state index in [-0.39, 0.29) is 6.61 Å². The molecule has 4 aromatic rings. The molecule has 0 spiro atoms. The molecule has 2 N–H and O–H groups in total. The number of aliphatic hydroxyl groups excluding tert-OH is 1. The number of para-hydroxylation sites is 1. The summed E-state index contributed by atoms with van der Waals surface area (Å²) in [7, 11) is 0. The highest BCUT2D eigenvalue weighted by molar-refractivity contribution is 6.11. The van der Waals surface area contributed by atoms with E-state index in [1.807, 2.05) is 12.1 Å². The lowest BCUT2D eigenvalue weighted by atomic mass is 10.1. The fourth-order valence-corrected chi connectivity index (χ4v) is 3.79. The van der Waals surface area contributed by atoms with Crippen molar-refractivity contribution in [3.8, 4) is 5.75 Å². The predicted octanol–water partition coefficient (Wildman–Crippen LogP) is 3.82. The van der Waals surface area contributed by atoms with Crippen LogP contribution in [0, 0.1) is 0 Å². The van der Waals surface area contributed by atoms with E-state index >= 15 is 0 Å². The van der Waals surface area contributed by atoms with E-state index in [1.165, 1.54) is 22.0 Å². The SMILES string of the molecule is OCCOCCNCCOc1cccc2c1c1ccccc1n2Cc1ccccc1. The van der Waals surface area contributed by atoms with Gasteiger partial charge < -0.3 is 24.5 Å². The van der Waals surface area contributed by atoms with Gasteiger partial charge in [-0.2, -0.15) is 0 Å². The van der Waals surface area contributed by atoms with Crippen LogP contribution >= 0.6 is 0 Å². The van der Waals surface area contributed by atoms with Gasteiger partial charge in [-0.05, 0) is 23.8 Å². The van der Waals surface area contributed by atoms with Gasteiger partial charge in [0.15, 0.2) is 0 Å². The van der Waals surface area contributed by atoms with Crippen molar-refractivity contribution in [2.24, 2.45) is 0 Å². The van der Waals surface area contributed by atoms with Gasteiger partial charge in [-0.25, -0.2) is 0 Å². The fraction of sp³-hybridized carbons (Fsp3) is 0.280. The van der Waals surface area contributed by atoms with Crippen molar-refractivity contribution in [2.45, 2.75) is 6.54 Å². The molecule has 5 heteroatoms. The number of hydrogen-bond acceptors (Lipinski definition) is 4. The van der Waals surface area contributed by atoms with Crippen LogP contribution in [0.15, 0.2) is 72.8 Å². The van der Waals surface area contributed by atoms with E-state index in [0.29, 0.717) is 19.8 Å². The number of aromatic nitrogens is 1. The average molecular weight is 405 g/mol. The molecular weight excluding hydrogens is 376 g/mol. The first kappa shape index (κ1) is 20.4. The zero-order chi connectivity index (χ0) is 20.6. The Morgan fingerprint density at radius 3 is 2.40 bits per heavy atom. The molecule has 0 saturated carbocycles. The van der Waals surface area contributed by atoms with Gasteiger partial charge in [-0.1, -0.05) is 54.6 Å². The molecular formula is C25H28N2O3. The van der Waals surface area contributed by atoms with E-state index in [0.717, 1.165) is 30.8 Å². The Morgan fingerprint density at radius 1 is 0.767 bits per heavy atom. The summed E-state index contributed by atoms with van der Waals surface area (Å²) in [6.45, 7) is 3.91. The smallest absolute Gasteiger partial charge is 0.129 e. The van der Waals surface area contributed by atoms with Crippen LogP contribution in [-0.2, 0) is 11.3 Å². The predicted molar refractivity (Wildman–Crippen MR) is 121 cm³/mol. The minimum Gasteiger partial charge on any atom is -0.492 e. The number of benzene rings is 3. The second-order valence-corrected chi connectivity index (χ2v) is 7.17. The molecule has 30 heavy (non-hydrogen) atoms. The van der Waals surface area contributed by atoms with Crippen LogP contribution < -0.4 is 10.1 Å². The largest absolute Gasteiger partial charge is 0.492 e. The molecule has 0 aliphatic rings. The Hall–Kier alpha value is -2.86. The first-order valence-corrected chi connectivity index (χ1v) is 10.4. The molecule has 4 rings (SSSR count). The number of nitrogens with zero attached hydrogens (tertiary/aromatic N) is 1. The van der Waals surface area contributed by atoms with Gasteiger partial charge >= 0.3 is 0 Å². The van der Waals surface area contributed by atoms with Crippen molar-refractivity contribution >= 4 is 21.8 Å². The van der Waals surface area contributed by atoms with Gasteiger partial charge in [0.25, 0.3) is 0 Å².